The number of rotatable bonds is 6. The zero-order valence-corrected chi connectivity index (χ0v) is 16.9. The third-order valence-corrected chi connectivity index (χ3v) is 4.58. The first-order chi connectivity index (χ1) is 10.1. The Labute approximate surface area is 152 Å². The van der Waals surface area contributed by atoms with Crippen molar-refractivity contribution in [3.8, 4) is 0 Å². The van der Waals surface area contributed by atoms with E-state index in [0.29, 0.717) is 18.3 Å². The Morgan fingerprint density at radius 3 is 2.32 bits per heavy atom. The van der Waals surface area contributed by atoms with Gasteiger partial charge >= 0.3 is 0 Å². The Balaban J connectivity index is 0.00000441. The maximum absolute atomic E-state index is 11.4. The Kier molecular flexibility index (Phi) is 11.7. The number of piperidine rings is 1. The van der Waals surface area contributed by atoms with Crippen LogP contribution >= 0.6 is 24.0 Å². The smallest absolute Gasteiger partial charge is 0.220 e. The summed E-state index contributed by atoms with van der Waals surface area (Å²) in [6.07, 6.45) is 5.20. The molecule has 0 bridgehead atoms. The monoisotopic (exact) mass is 424 g/mol. The van der Waals surface area contributed by atoms with E-state index in [2.05, 4.69) is 34.4 Å². The minimum absolute atomic E-state index is 0. The molecular weight excluding hydrogens is 391 g/mol. The van der Waals surface area contributed by atoms with E-state index in [0.717, 1.165) is 38.4 Å². The topological polar surface area (TPSA) is 56.7 Å². The summed E-state index contributed by atoms with van der Waals surface area (Å²) in [7, 11) is 3.56. The molecule has 130 valence electrons. The lowest BCUT2D eigenvalue weighted by Crippen LogP contribution is -2.47. The molecule has 1 aliphatic rings. The maximum atomic E-state index is 11.4. The summed E-state index contributed by atoms with van der Waals surface area (Å²) in [4.78, 5) is 18.2. The van der Waals surface area contributed by atoms with Gasteiger partial charge in [-0.15, -0.1) is 24.0 Å². The predicted octanol–water partition coefficient (Wildman–Crippen LogP) is 2.46. The standard InChI is InChI=1S/C16H32N4O.HI/c1-5-13(6-2)12-19-16(18-4)20-9-7-14(8-10-20)11-15(21)17-3;/h13-14H,5-12H2,1-4H3,(H,17,21)(H,18,19);1H. The van der Waals surface area contributed by atoms with E-state index in [1.54, 1.807) is 7.05 Å². The molecule has 2 N–H and O–H groups in total. The molecule has 1 saturated heterocycles. The van der Waals surface area contributed by atoms with Gasteiger partial charge in [0.05, 0.1) is 0 Å². The van der Waals surface area contributed by atoms with Crippen molar-refractivity contribution in [2.24, 2.45) is 16.8 Å². The molecule has 1 amide bonds. The molecule has 1 aliphatic heterocycles. The number of halogens is 1. The molecule has 0 aromatic carbocycles. The number of nitrogens with zero attached hydrogens (tertiary/aromatic N) is 2. The third-order valence-electron chi connectivity index (χ3n) is 4.58. The number of hydrogen-bond acceptors (Lipinski definition) is 2. The van der Waals surface area contributed by atoms with Crippen molar-refractivity contribution in [2.75, 3.05) is 33.7 Å². The van der Waals surface area contributed by atoms with Crippen molar-refractivity contribution in [1.82, 2.24) is 15.5 Å². The molecule has 0 aliphatic carbocycles. The summed E-state index contributed by atoms with van der Waals surface area (Å²) < 4.78 is 0. The van der Waals surface area contributed by atoms with Crippen molar-refractivity contribution in [1.29, 1.82) is 0 Å². The highest BCUT2D eigenvalue weighted by Crippen LogP contribution is 2.20. The number of carbonyl (C=O) groups excluding carboxylic acids is 1. The lowest BCUT2D eigenvalue weighted by molar-refractivity contribution is -0.121. The van der Waals surface area contributed by atoms with E-state index in [9.17, 15) is 4.79 Å². The van der Waals surface area contributed by atoms with Crippen molar-refractivity contribution in [3.63, 3.8) is 0 Å². The quantitative estimate of drug-likeness (QED) is 0.391. The Bertz CT molecular complexity index is 337. The number of nitrogens with one attached hydrogen (secondary N) is 2. The van der Waals surface area contributed by atoms with Gasteiger partial charge in [0.15, 0.2) is 5.96 Å². The van der Waals surface area contributed by atoms with Crippen LogP contribution in [0.25, 0.3) is 0 Å². The lowest BCUT2D eigenvalue weighted by atomic mass is 9.93. The van der Waals surface area contributed by atoms with E-state index in [-0.39, 0.29) is 29.9 Å². The molecule has 1 fully saturated rings. The Hall–Kier alpha value is -0.530. The number of aliphatic imine (C=N–C) groups is 1. The van der Waals surface area contributed by atoms with Gasteiger partial charge in [-0.2, -0.15) is 0 Å². The Morgan fingerprint density at radius 2 is 1.86 bits per heavy atom. The van der Waals surface area contributed by atoms with Crippen LogP contribution in [0.4, 0.5) is 0 Å². The zero-order valence-electron chi connectivity index (χ0n) is 14.5. The van der Waals surface area contributed by atoms with Crippen LogP contribution in [0.15, 0.2) is 4.99 Å². The average molecular weight is 424 g/mol. The predicted molar refractivity (Wildman–Crippen MR) is 104 cm³/mol. The normalized spacial score (nSPS) is 16.4. The Morgan fingerprint density at radius 1 is 1.27 bits per heavy atom. The molecule has 6 heteroatoms. The fourth-order valence-corrected chi connectivity index (χ4v) is 2.86. The van der Waals surface area contributed by atoms with Crippen LogP contribution in [0.2, 0.25) is 0 Å². The molecule has 0 saturated carbocycles. The van der Waals surface area contributed by atoms with Gasteiger partial charge in [-0.3, -0.25) is 9.79 Å². The summed E-state index contributed by atoms with van der Waals surface area (Å²) in [6, 6.07) is 0. The van der Waals surface area contributed by atoms with E-state index in [1.165, 1.54) is 12.8 Å². The van der Waals surface area contributed by atoms with Crippen LogP contribution in [0.3, 0.4) is 0 Å². The first-order valence-electron chi connectivity index (χ1n) is 8.30. The summed E-state index contributed by atoms with van der Waals surface area (Å²) in [5, 5.41) is 6.22. The van der Waals surface area contributed by atoms with Crippen molar-refractivity contribution < 1.29 is 4.79 Å². The van der Waals surface area contributed by atoms with Crippen molar-refractivity contribution in [3.05, 3.63) is 0 Å². The zero-order chi connectivity index (χ0) is 15.7. The summed E-state index contributed by atoms with van der Waals surface area (Å²) in [5.74, 6) is 2.40. The highest BCUT2D eigenvalue weighted by Gasteiger charge is 2.23. The van der Waals surface area contributed by atoms with Crippen LogP contribution in [0.5, 0.6) is 0 Å². The second kappa shape index (κ2) is 12.0. The van der Waals surface area contributed by atoms with Crippen LogP contribution in [0, 0.1) is 11.8 Å². The first kappa shape index (κ1) is 21.5. The first-order valence-corrected chi connectivity index (χ1v) is 8.30. The maximum Gasteiger partial charge on any atom is 0.220 e. The molecule has 0 atom stereocenters. The van der Waals surface area contributed by atoms with Gasteiger partial charge in [-0.25, -0.2) is 0 Å². The molecule has 22 heavy (non-hydrogen) atoms. The second-order valence-corrected chi connectivity index (χ2v) is 5.92. The van der Waals surface area contributed by atoms with E-state index in [4.69, 9.17) is 0 Å². The van der Waals surface area contributed by atoms with Gasteiger partial charge < -0.3 is 15.5 Å². The minimum atomic E-state index is 0. The number of amides is 1. The molecule has 0 unspecified atom stereocenters. The largest absolute Gasteiger partial charge is 0.359 e. The van der Waals surface area contributed by atoms with Crippen LogP contribution in [-0.2, 0) is 4.79 Å². The van der Waals surface area contributed by atoms with Gasteiger partial charge in [0, 0.05) is 40.2 Å². The fraction of sp³-hybridized carbons (Fsp3) is 0.875. The number of guanidine groups is 1. The van der Waals surface area contributed by atoms with Gasteiger partial charge in [-0.1, -0.05) is 26.7 Å². The number of hydrogen-bond donors (Lipinski definition) is 2. The highest BCUT2D eigenvalue weighted by molar-refractivity contribution is 14.0. The third kappa shape index (κ3) is 7.15. The minimum Gasteiger partial charge on any atom is -0.359 e. The van der Waals surface area contributed by atoms with Gasteiger partial charge in [0.2, 0.25) is 5.91 Å². The molecular formula is C16H33IN4O. The number of likely N-dealkylation sites (tertiary alicyclic amines) is 1. The SMILES string of the molecule is CCC(CC)CNC(=NC)N1CCC(CC(=O)NC)CC1.I. The van der Waals surface area contributed by atoms with Crippen molar-refractivity contribution >= 4 is 35.8 Å². The van der Waals surface area contributed by atoms with Crippen LogP contribution in [0.1, 0.15) is 46.0 Å². The van der Waals surface area contributed by atoms with Crippen LogP contribution in [-0.4, -0.2) is 50.5 Å². The van der Waals surface area contributed by atoms with E-state index < -0.39 is 0 Å². The fourth-order valence-electron chi connectivity index (χ4n) is 2.86. The average Bonchev–Trinajstić information content (AvgIpc) is 2.53. The molecule has 0 radical (unpaired) electrons. The summed E-state index contributed by atoms with van der Waals surface area (Å²) in [5.41, 5.74) is 0. The molecule has 0 spiro atoms. The van der Waals surface area contributed by atoms with E-state index >= 15 is 0 Å². The number of carbonyl (C=O) groups is 1. The summed E-state index contributed by atoms with van der Waals surface area (Å²) in [6.45, 7) is 7.46. The molecule has 0 aromatic heterocycles. The highest BCUT2D eigenvalue weighted by atomic mass is 127. The summed E-state index contributed by atoms with van der Waals surface area (Å²) >= 11 is 0. The van der Waals surface area contributed by atoms with Crippen molar-refractivity contribution in [2.45, 2.75) is 46.0 Å². The molecule has 1 heterocycles. The van der Waals surface area contributed by atoms with Gasteiger partial charge in [0.25, 0.3) is 0 Å². The van der Waals surface area contributed by atoms with E-state index in [1.807, 2.05) is 7.05 Å². The second-order valence-electron chi connectivity index (χ2n) is 5.92. The molecule has 1 rings (SSSR count). The van der Waals surface area contributed by atoms with Crippen LogP contribution < -0.4 is 10.6 Å². The molecule has 0 aromatic rings. The van der Waals surface area contributed by atoms with Gasteiger partial charge in [-0.05, 0) is 24.7 Å². The molecule has 5 nitrogen and oxygen atoms in total. The van der Waals surface area contributed by atoms with Gasteiger partial charge in [0.1, 0.15) is 0 Å². The lowest BCUT2D eigenvalue weighted by Gasteiger charge is -2.34.